The number of rotatable bonds is 5. The highest BCUT2D eigenvalue weighted by Crippen LogP contribution is 2.21. The van der Waals surface area contributed by atoms with E-state index in [4.69, 9.17) is 4.74 Å². The maximum absolute atomic E-state index is 12.5. The standard InChI is InChI=1S/C16H19BrN4O3S/c1-12-10-13(20-16(19-12)21-6-8-24-9-7-21)11-18-25(22,23)15-5-3-2-4-14(15)17/h2-5,10,18H,6-9,11H2,1H3. The lowest BCUT2D eigenvalue weighted by atomic mass is 10.3. The van der Waals surface area contributed by atoms with E-state index < -0.39 is 10.0 Å². The van der Waals surface area contributed by atoms with Crippen LogP contribution in [-0.4, -0.2) is 44.7 Å². The molecule has 1 aromatic heterocycles. The molecule has 0 radical (unpaired) electrons. The summed E-state index contributed by atoms with van der Waals surface area (Å²) in [6.07, 6.45) is 0. The molecule has 3 rings (SSSR count). The van der Waals surface area contributed by atoms with Crippen LogP contribution in [0.25, 0.3) is 0 Å². The van der Waals surface area contributed by atoms with Gasteiger partial charge in [-0.25, -0.2) is 23.1 Å². The van der Waals surface area contributed by atoms with Crippen molar-refractivity contribution in [3.05, 3.63) is 46.2 Å². The Balaban J connectivity index is 1.77. The molecule has 1 aromatic carbocycles. The smallest absolute Gasteiger partial charge is 0.242 e. The number of nitrogens with zero attached hydrogens (tertiary/aromatic N) is 3. The SMILES string of the molecule is Cc1cc(CNS(=O)(=O)c2ccccc2Br)nc(N2CCOCC2)n1. The topological polar surface area (TPSA) is 84.4 Å². The molecule has 0 saturated carbocycles. The summed E-state index contributed by atoms with van der Waals surface area (Å²) in [5.41, 5.74) is 1.43. The average Bonchev–Trinajstić information content (AvgIpc) is 2.61. The van der Waals surface area contributed by atoms with Crippen LogP contribution in [0.1, 0.15) is 11.4 Å². The van der Waals surface area contributed by atoms with Crippen molar-refractivity contribution in [3.63, 3.8) is 0 Å². The second-order valence-electron chi connectivity index (χ2n) is 5.66. The van der Waals surface area contributed by atoms with Crippen LogP contribution in [0.5, 0.6) is 0 Å². The highest BCUT2D eigenvalue weighted by molar-refractivity contribution is 9.10. The molecule has 7 nitrogen and oxygen atoms in total. The van der Waals surface area contributed by atoms with Crippen molar-refractivity contribution in [2.24, 2.45) is 0 Å². The molecule has 0 spiro atoms. The van der Waals surface area contributed by atoms with Crippen LogP contribution in [0.4, 0.5) is 5.95 Å². The summed E-state index contributed by atoms with van der Waals surface area (Å²) < 4.78 is 33.4. The number of hydrogen-bond acceptors (Lipinski definition) is 6. The number of morpholine rings is 1. The summed E-state index contributed by atoms with van der Waals surface area (Å²) in [6.45, 7) is 4.71. The van der Waals surface area contributed by atoms with Gasteiger partial charge in [0.2, 0.25) is 16.0 Å². The van der Waals surface area contributed by atoms with E-state index in [1.807, 2.05) is 11.8 Å². The molecule has 134 valence electrons. The van der Waals surface area contributed by atoms with E-state index in [2.05, 4.69) is 30.6 Å². The van der Waals surface area contributed by atoms with Crippen LogP contribution in [0.3, 0.4) is 0 Å². The minimum Gasteiger partial charge on any atom is -0.378 e. The zero-order valence-electron chi connectivity index (χ0n) is 13.8. The van der Waals surface area contributed by atoms with E-state index >= 15 is 0 Å². The van der Waals surface area contributed by atoms with Gasteiger partial charge >= 0.3 is 0 Å². The lowest BCUT2D eigenvalue weighted by molar-refractivity contribution is 0.122. The maximum Gasteiger partial charge on any atom is 0.242 e. The summed E-state index contributed by atoms with van der Waals surface area (Å²) in [5.74, 6) is 0.610. The number of aromatic nitrogens is 2. The molecule has 2 heterocycles. The summed E-state index contributed by atoms with van der Waals surface area (Å²) in [6, 6.07) is 8.49. The molecule has 0 unspecified atom stereocenters. The van der Waals surface area contributed by atoms with Crippen molar-refractivity contribution in [2.75, 3.05) is 31.2 Å². The van der Waals surface area contributed by atoms with Crippen LogP contribution in [0.2, 0.25) is 0 Å². The summed E-state index contributed by atoms with van der Waals surface area (Å²) >= 11 is 3.27. The average molecular weight is 427 g/mol. The van der Waals surface area contributed by atoms with Crippen molar-refractivity contribution >= 4 is 31.9 Å². The van der Waals surface area contributed by atoms with Gasteiger partial charge in [0, 0.05) is 23.3 Å². The lowest BCUT2D eigenvalue weighted by Crippen LogP contribution is -2.37. The fourth-order valence-corrected chi connectivity index (χ4v) is 4.52. The first-order valence-corrected chi connectivity index (χ1v) is 10.1. The fraction of sp³-hybridized carbons (Fsp3) is 0.375. The normalized spacial score (nSPS) is 15.4. The minimum atomic E-state index is -3.63. The van der Waals surface area contributed by atoms with E-state index in [1.54, 1.807) is 30.3 Å². The van der Waals surface area contributed by atoms with Gasteiger partial charge in [0.1, 0.15) is 0 Å². The monoisotopic (exact) mass is 426 g/mol. The van der Waals surface area contributed by atoms with Crippen LogP contribution in [0.15, 0.2) is 39.7 Å². The molecular weight excluding hydrogens is 408 g/mol. The van der Waals surface area contributed by atoms with Crippen molar-refractivity contribution in [1.29, 1.82) is 0 Å². The largest absolute Gasteiger partial charge is 0.378 e. The molecule has 1 N–H and O–H groups in total. The van der Waals surface area contributed by atoms with Crippen molar-refractivity contribution < 1.29 is 13.2 Å². The van der Waals surface area contributed by atoms with Gasteiger partial charge in [0.05, 0.1) is 30.3 Å². The van der Waals surface area contributed by atoms with Crippen LogP contribution >= 0.6 is 15.9 Å². The second kappa shape index (κ2) is 7.77. The second-order valence-corrected chi connectivity index (χ2v) is 8.24. The third kappa shape index (κ3) is 4.55. The van der Waals surface area contributed by atoms with Crippen LogP contribution in [0, 0.1) is 6.92 Å². The van der Waals surface area contributed by atoms with Crippen molar-refractivity contribution in [2.45, 2.75) is 18.4 Å². The molecule has 0 bridgehead atoms. The zero-order valence-corrected chi connectivity index (χ0v) is 16.2. The van der Waals surface area contributed by atoms with Gasteiger partial charge in [-0.3, -0.25) is 0 Å². The molecule has 0 atom stereocenters. The predicted octanol–water partition coefficient (Wildman–Crippen LogP) is 1.86. The zero-order chi connectivity index (χ0) is 17.9. The molecule has 1 aliphatic rings. The predicted molar refractivity (Wildman–Crippen MR) is 98.0 cm³/mol. The van der Waals surface area contributed by atoms with E-state index in [0.29, 0.717) is 29.3 Å². The van der Waals surface area contributed by atoms with Crippen LogP contribution in [-0.2, 0) is 21.3 Å². The van der Waals surface area contributed by atoms with Gasteiger partial charge in [-0.1, -0.05) is 12.1 Å². The molecule has 9 heteroatoms. The molecule has 1 aliphatic heterocycles. The minimum absolute atomic E-state index is 0.102. The summed E-state index contributed by atoms with van der Waals surface area (Å²) in [4.78, 5) is 11.2. The number of anilines is 1. The fourth-order valence-electron chi connectivity index (χ4n) is 2.52. The highest BCUT2D eigenvalue weighted by atomic mass is 79.9. The maximum atomic E-state index is 12.5. The molecular formula is C16H19BrN4O3S. The van der Waals surface area contributed by atoms with Crippen LogP contribution < -0.4 is 9.62 Å². The van der Waals surface area contributed by atoms with Gasteiger partial charge in [0.15, 0.2) is 0 Å². The molecule has 1 saturated heterocycles. The number of aryl methyl sites for hydroxylation is 1. The van der Waals surface area contributed by atoms with E-state index in [-0.39, 0.29) is 11.4 Å². The quantitative estimate of drug-likeness (QED) is 0.785. The number of benzene rings is 1. The Morgan fingerprint density at radius 3 is 2.68 bits per heavy atom. The summed E-state index contributed by atoms with van der Waals surface area (Å²) in [5, 5.41) is 0. The third-order valence-electron chi connectivity index (χ3n) is 3.76. The first kappa shape index (κ1) is 18.2. The first-order chi connectivity index (χ1) is 12.0. The Hall–Kier alpha value is -1.55. The Bertz CT molecular complexity index is 854. The third-order valence-corrected chi connectivity index (χ3v) is 6.17. The molecule has 2 aromatic rings. The number of nitrogens with one attached hydrogen (secondary N) is 1. The number of sulfonamides is 1. The van der Waals surface area contributed by atoms with Gasteiger partial charge in [-0.2, -0.15) is 0 Å². The van der Waals surface area contributed by atoms with Gasteiger partial charge in [-0.05, 0) is 41.1 Å². The number of ether oxygens (including phenoxy) is 1. The lowest BCUT2D eigenvalue weighted by Gasteiger charge is -2.27. The van der Waals surface area contributed by atoms with E-state index in [1.165, 1.54) is 0 Å². The molecule has 0 aliphatic carbocycles. The molecule has 0 amide bonds. The van der Waals surface area contributed by atoms with E-state index in [9.17, 15) is 8.42 Å². The Morgan fingerprint density at radius 1 is 1.24 bits per heavy atom. The van der Waals surface area contributed by atoms with Crippen molar-refractivity contribution in [3.8, 4) is 0 Å². The Morgan fingerprint density at radius 2 is 1.96 bits per heavy atom. The highest BCUT2D eigenvalue weighted by Gasteiger charge is 2.18. The Labute approximate surface area is 155 Å². The number of halogens is 1. The molecule has 25 heavy (non-hydrogen) atoms. The number of hydrogen-bond donors (Lipinski definition) is 1. The van der Waals surface area contributed by atoms with E-state index in [0.717, 1.165) is 18.8 Å². The van der Waals surface area contributed by atoms with Gasteiger partial charge in [0.25, 0.3) is 0 Å². The van der Waals surface area contributed by atoms with Gasteiger partial charge in [-0.15, -0.1) is 0 Å². The molecule has 1 fully saturated rings. The van der Waals surface area contributed by atoms with Gasteiger partial charge < -0.3 is 9.64 Å². The first-order valence-electron chi connectivity index (χ1n) is 7.87. The van der Waals surface area contributed by atoms with Crippen molar-refractivity contribution in [1.82, 2.24) is 14.7 Å². The Kier molecular flexibility index (Phi) is 5.67. The summed E-state index contributed by atoms with van der Waals surface area (Å²) in [7, 11) is -3.63.